The lowest BCUT2D eigenvalue weighted by Crippen LogP contribution is -2.21. The van der Waals surface area contributed by atoms with Gasteiger partial charge in [0.05, 0.1) is 27.8 Å². The lowest BCUT2D eigenvalue weighted by Gasteiger charge is -2.24. The van der Waals surface area contributed by atoms with Crippen LogP contribution in [0.1, 0.15) is 36.7 Å². The van der Waals surface area contributed by atoms with Gasteiger partial charge in [-0.1, -0.05) is 103 Å². The summed E-state index contributed by atoms with van der Waals surface area (Å²) in [5.74, 6) is 2.75. The van der Waals surface area contributed by atoms with E-state index < -0.39 is 0 Å². The number of nitrogens with zero attached hydrogens (tertiary/aromatic N) is 3. The second-order valence-corrected chi connectivity index (χ2v) is 16.9. The topological polar surface area (TPSA) is 86.8 Å². The molecular weight excluding hydrogens is 776 g/mol. The summed E-state index contributed by atoms with van der Waals surface area (Å²) in [6.45, 7) is 3.99. The monoisotopic (exact) mass is 820 g/mol. The van der Waals surface area contributed by atoms with Crippen LogP contribution in [0.5, 0.6) is 0 Å². The number of dihydropyridines is 1. The normalized spacial score (nSPS) is 15.4. The molecule has 0 bridgehead atoms. The highest BCUT2D eigenvalue weighted by atomic mass is 31.0. The standard InChI is InChI=1S/C55H45N6P/c1-3-5-10-53(57)61-51-27-22-38(35-14-18-37(19-15-35)49-9-8-29-62-59-49)30-45(51)43-25-24-41-42(55(43)61)23-20-40-32-47-46-31-39(34-12-16-36(17-13-34)48(56)4-2)21-26-50(46)60(52(47)33-44(40)41)54-11-6-7-28-58-54/h3-19,21-22,24-33,54,58H,20,23,56-57H2,1-2H3/b5-3-,48-4-,53-10+. The Bertz CT molecular complexity index is 3400. The van der Waals surface area contributed by atoms with Crippen LogP contribution in [0.4, 0.5) is 0 Å². The van der Waals surface area contributed by atoms with E-state index in [0.717, 1.165) is 49.2 Å². The van der Waals surface area contributed by atoms with Gasteiger partial charge in [-0.15, -0.1) is 0 Å². The summed E-state index contributed by atoms with van der Waals surface area (Å²) in [5.41, 5.74) is 31.8. The fourth-order valence-corrected chi connectivity index (χ4v) is 10.2. The van der Waals surface area contributed by atoms with Crippen molar-refractivity contribution in [2.24, 2.45) is 11.5 Å². The van der Waals surface area contributed by atoms with Crippen molar-refractivity contribution in [1.29, 1.82) is 0 Å². The third-order valence-electron chi connectivity index (χ3n) is 12.7. The van der Waals surface area contributed by atoms with Crippen molar-refractivity contribution in [3.05, 3.63) is 193 Å². The molecule has 6 nitrogen and oxygen atoms in total. The molecule has 300 valence electrons. The average molecular weight is 821 g/mol. The number of rotatable bonds is 7. The lowest BCUT2D eigenvalue weighted by atomic mass is 9.83. The molecule has 0 saturated carbocycles. The van der Waals surface area contributed by atoms with E-state index in [9.17, 15) is 0 Å². The maximum Gasteiger partial charge on any atom is 0.123 e. The molecule has 0 fully saturated rings. The van der Waals surface area contributed by atoms with Gasteiger partial charge < -0.3 is 21.4 Å². The Morgan fingerprint density at radius 3 is 2.11 bits per heavy atom. The molecule has 0 spiro atoms. The summed E-state index contributed by atoms with van der Waals surface area (Å²) in [6, 6.07) is 44.7. The average Bonchev–Trinajstić information content (AvgIpc) is 3.84. The Morgan fingerprint density at radius 2 is 1.40 bits per heavy atom. The zero-order valence-electron chi connectivity index (χ0n) is 34.7. The molecule has 5 N–H and O–H groups in total. The zero-order valence-corrected chi connectivity index (χ0v) is 35.6. The molecule has 11 rings (SSSR count). The zero-order chi connectivity index (χ0) is 41.9. The minimum absolute atomic E-state index is 0.0295. The smallest absolute Gasteiger partial charge is 0.123 e. The van der Waals surface area contributed by atoms with E-state index in [1.807, 2.05) is 50.1 Å². The van der Waals surface area contributed by atoms with E-state index in [-0.39, 0.29) is 6.17 Å². The fraction of sp³-hybridized carbons (Fsp3) is 0.0909. The van der Waals surface area contributed by atoms with Crippen molar-refractivity contribution >= 4 is 63.5 Å². The number of fused-ring (bicyclic) bond motifs is 10. The van der Waals surface area contributed by atoms with Crippen molar-refractivity contribution < 1.29 is 0 Å². The van der Waals surface area contributed by atoms with Crippen molar-refractivity contribution in [3.63, 3.8) is 0 Å². The number of aromatic nitrogens is 3. The van der Waals surface area contributed by atoms with Gasteiger partial charge in [-0.25, -0.2) is 4.75 Å². The quantitative estimate of drug-likeness (QED) is 0.140. The number of benzene rings is 6. The maximum atomic E-state index is 7.05. The molecule has 6 aromatic carbocycles. The third-order valence-corrected chi connectivity index (χ3v) is 13.3. The number of allylic oxidation sites excluding steroid dienone is 6. The lowest BCUT2D eigenvalue weighted by molar-refractivity contribution is 0.578. The van der Waals surface area contributed by atoms with Gasteiger partial charge in [0.2, 0.25) is 0 Å². The van der Waals surface area contributed by atoms with E-state index in [1.165, 1.54) is 82.6 Å². The molecule has 0 radical (unpaired) electrons. The minimum atomic E-state index is -0.0295. The highest BCUT2D eigenvalue weighted by Crippen LogP contribution is 2.46. The van der Waals surface area contributed by atoms with Crippen molar-refractivity contribution in [1.82, 2.24) is 19.2 Å². The van der Waals surface area contributed by atoms with Crippen LogP contribution in [0.15, 0.2) is 176 Å². The number of hydrogen-bond donors (Lipinski definition) is 3. The van der Waals surface area contributed by atoms with Crippen LogP contribution >= 0.6 is 8.35 Å². The number of hydrogen-bond acceptors (Lipinski definition) is 4. The van der Waals surface area contributed by atoms with E-state index in [4.69, 9.17) is 11.5 Å². The van der Waals surface area contributed by atoms with Crippen LogP contribution in [0.25, 0.3) is 99.8 Å². The van der Waals surface area contributed by atoms with Crippen molar-refractivity contribution in [2.75, 3.05) is 0 Å². The van der Waals surface area contributed by atoms with Crippen LogP contribution in [-0.4, -0.2) is 13.9 Å². The van der Waals surface area contributed by atoms with Crippen LogP contribution in [-0.2, 0) is 12.8 Å². The molecule has 2 aliphatic rings. The first kappa shape index (κ1) is 37.6. The van der Waals surface area contributed by atoms with Gasteiger partial charge >= 0.3 is 0 Å². The van der Waals surface area contributed by atoms with E-state index in [2.05, 4.69) is 159 Å². The number of aryl methyl sites for hydroxylation is 2. The molecule has 0 saturated heterocycles. The van der Waals surface area contributed by atoms with Crippen molar-refractivity contribution in [2.45, 2.75) is 32.9 Å². The minimum Gasteiger partial charge on any atom is -0.399 e. The molecule has 1 unspecified atom stereocenters. The van der Waals surface area contributed by atoms with Crippen LogP contribution in [0.3, 0.4) is 0 Å². The number of nitrogens with two attached hydrogens (primary N) is 2. The van der Waals surface area contributed by atoms with Gasteiger partial charge in [-0.05, 0) is 149 Å². The highest BCUT2D eigenvalue weighted by Gasteiger charge is 2.26. The molecule has 4 heterocycles. The van der Waals surface area contributed by atoms with Gasteiger partial charge in [-0.2, -0.15) is 0 Å². The molecule has 7 heteroatoms. The van der Waals surface area contributed by atoms with E-state index >= 15 is 0 Å². The fourth-order valence-electron chi connectivity index (χ4n) is 9.64. The highest BCUT2D eigenvalue weighted by molar-refractivity contribution is 7.24. The maximum absolute atomic E-state index is 7.05. The molecule has 62 heavy (non-hydrogen) atoms. The van der Waals surface area contributed by atoms with Gasteiger partial charge in [0.1, 0.15) is 12.0 Å². The predicted octanol–water partition coefficient (Wildman–Crippen LogP) is 13.5. The molecule has 1 aliphatic carbocycles. The summed E-state index contributed by atoms with van der Waals surface area (Å²) in [7, 11) is 0.973. The molecule has 9 aromatic rings. The first-order valence-corrected chi connectivity index (χ1v) is 22.2. The van der Waals surface area contributed by atoms with Crippen LogP contribution in [0, 0.1) is 0 Å². The van der Waals surface area contributed by atoms with Crippen LogP contribution in [0.2, 0.25) is 0 Å². The first-order chi connectivity index (χ1) is 30.5. The van der Waals surface area contributed by atoms with E-state index in [1.54, 1.807) is 0 Å². The Kier molecular flexibility index (Phi) is 9.25. The molecule has 0 amide bonds. The molecular formula is C55H45N6P. The summed E-state index contributed by atoms with van der Waals surface area (Å²) in [6.07, 6.45) is 18.3. The van der Waals surface area contributed by atoms with Gasteiger partial charge in [0.25, 0.3) is 0 Å². The Labute approximate surface area is 362 Å². The summed E-state index contributed by atoms with van der Waals surface area (Å²) in [4.78, 5) is 0. The molecule has 1 atom stereocenters. The Morgan fingerprint density at radius 1 is 0.694 bits per heavy atom. The van der Waals surface area contributed by atoms with Gasteiger partial charge in [-0.3, -0.25) is 4.57 Å². The van der Waals surface area contributed by atoms with Gasteiger partial charge in [0.15, 0.2) is 0 Å². The van der Waals surface area contributed by atoms with Crippen LogP contribution < -0.4 is 16.8 Å². The molecule has 1 aliphatic heterocycles. The second kappa shape index (κ2) is 15.3. The molecule has 3 aromatic heterocycles. The third kappa shape index (κ3) is 6.17. The SMILES string of the molecule is C/C=C\C=C(/N)n1c2ccc(-c3ccc(-c4cccpn4)cc3)cc2c2ccc3c(c21)CCc1cc2c4cc(-c5ccc(/C(N)=C/C)cc5)ccc4n(C4C=CC=CN4)c2cc1-3. The Hall–Kier alpha value is -7.40. The summed E-state index contributed by atoms with van der Waals surface area (Å²) in [5, 5.41) is 8.53. The number of nitrogens with one attached hydrogen (secondary N) is 1. The first-order valence-electron chi connectivity index (χ1n) is 21.3. The summed E-state index contributed by atoms with van der Waals surface area (Å²) < 4.78 is 9.39. The van der Waals surface area contributed by atoms with Gasteiger partial charge in [0, 0.05) is 41.2 Å². The van der Waals surface area contributed by atoms with E-state index in [0.29, 0.717) is 5.82 Å². The largest absolute Gasteiger partial charge is 0.399 e. The predicted molar refractivity (Wildman–Crippen MR) is 263 cm³/mol. The van der Waals surface area contributed by atoms with Crippen molar-refractivity contribution in [3.8, 4) is 44.6 Å². The Balaban J connectivity index is 1.08. The summed E-state index contributed by atoms with van der Waals surface area (Å²) >= 11 is 0. The second-order valence-electron chi connectivity index (χ2n) is 16.2.